The van der Waals surface area contributed by atoms with E-state index in [2.05, 4.69) is 5.43 Å². The molecule has 1 N–H and O–H groups in total. The molecule has 1 heterocycles. The molecule has 3 rings (SSSR count). The maximum Gasteiger partial charge on any atom is 0.276 e. The quantitative estimate of drug-likeness (QED) is 0.724. The second-order valence-corrected chi connectivity index (χ2v) is 8.70. The van der Waals surface area contributed by atoms with Gasteiger partial charge in [-0.1, -0.05) is 11.6 Å². The van der Waals surface area contributed by atoms with E-state index in [1.54, 1.807) is 18.2 Å². The highest BCUT2D eigenvalue weighted by Crippen LogP contribution is 2.30. The largest absolute Gasteiger partial charge is 0.496 e. The average molecular weight is 431 g/mol. The number of fused-ring (bicyclic) bond motifs is 1. The van der Waals surface area contributed by atoms with Gasteiger partial charge in [0, 0.05) is 10.6 Å². The van der Waals surface area contributed by atoms with E-state index in [-0.39, 0.29) is 11.5 Å². The highest BCUT2D eigenvalue weighted by molar-refractivity contribution is 6.31. The van der Waals surface area contributed by atoms with Crippen molar-refractivity contribution in [3.8, 4) is 11.5 Å². The smallest absolute Gasteiger partial charge is 0.276 e. The summed E-state index contributed by atoms with van der Waals surface area (Å²) in [5.41, 5.74) is 4.80. The van der Waals surface area contributed by atoms with Gasteiger partial charge in [-0.2, -0.15) is 0 Å². The zero-order chi connectivity index (χ0) is 22.1. The molecule has 1 aliphatic heterocycles. The minimum Gasteiger partial charge on any atom is -0.496 e. The van der Waals surface area contributed by atoms with Crippen LogP contribution in [0.4, 0.5) is 0 Å². The lowest BCUT2D eigenvalue weighted by molar-refractivity contribution is 0.0355. The Bertz CT molecular complexity index is 982. The van der Waals surface area contributed by atoms with E-state index in [1.165, 1.54) is 18.2 Å². The minimum atomic E-state index is -0.689. The molecule has 7 heteroatoms. The van der Waals surface area contributed by atoms with Gasteiger partial charge in [0.15, 0.2) is 0 Å². The first-order chi connectivity index (χ1) is 14.1. The third-order valence-electron chi connectivity index (χ3n) is 5.11. The van der Waals surface area contributed by atoms with Gasteiger partial charge in [-0.15, -0.1) is 0 Å². The molecule has 2 aromatic carbocycles. The number of halogens is 1. The van der Waals surface area contributed by atoms with Gasteiger partial charge in [-0.3, -0.25) is 15.0 Å². The van der Waals surface area contributed by atoms with Crippen molar-refractivity contribution in [2.24, 2.45) is 0 Å². The fourth-order valence-electron chi connectivity index (χ4n) is 3.51. The maximum atomic E-state index is 13.4. The number of hydrazine groups is 1. The van der Waals surface area contributed by atoms with E-state index in [4.69, 9.17) is 21.1 Å². The number of carbonyl (C=O) groups is 2. The number of ether oxygens (including phenoxy) is 2. The van der Waals surface area contributed by atoms with E-state index in [1.807, 2.05) is 33.8 Å². The monoisotopic (exact) mass is 430 g/mol. The van der Waals surface area contributed by atoms with Crippen molar-refractivity contribution >= 4 is 23.4 Å². The van der Waals surface area contributed by atoms with Gasteiger partial charge in [0.25, 0.3) is 11.8 Å². The molecular weight excluding hydrogens is 404 g/mol. The number of rotatable bonds is 3. The molecule has 6 nitrogen and oxygen atoms in total. The highest BCUT2D eigenvalue weighted by Gasteiger charge is 2.32. The molecule has 0 aliphatic carbocycles. The summed E-state index contributed by atoms with van der Waals surface area (Å²) < 4.78 is 11.0. The lowest BCUT2D eigenvalue weighted by atomic mass is 9.96. The molecule has 1 aliphatic rings. The fourth-order valence-corrected chi connectivity index (χ4v) is 3.68. The molecule has 0 bridgehead atoms. The first-order valence-corrected chi connectivity index (χ1v) is 10.3. The molecule has 30 heavy (non-hydrogen) atoms. The predicted octanol–water partition coefficient (Wildman–Crippen LogP) is 4.57. The van der Waals surface area contributed by atoms with Gasteiger partial charge >= 0.3 is 0 Å². The van der Waals surface area contributed by atoms with Crippen molar-refractivity contribution in [2.45, 2.75) is 46.1 Å². The second kappa shape index (κ2) is 8.56. The summed E-state index contributed by atoms with van der Waals surface area (Å²) in [6.07, 6.45) is 1.78. The molecule has 0 fully saturated rings. The molecule has 2 amide bonds. The standard InChI is InChI=1S/C23H27ClN2O4/c1-14-16-7-6-12-30-20(16)11-9-17(14)21(27)25-26(23(2,3)4)22(28)18-13-15(24)8-10-19(18)29-5/h8-11,13H,6-7,12H2,1-5H3,(H,25,27). The topological polar surface area (TPSA) is 67.9 Å². The van der Waals surface area contributed by atoms with Crippen LogP contribution in [-0.4, -0.2) is 36.1 Å². The van der Waals surface area contributed by atoms with Crippen molar-refractivity contribution in [3.05, 3.63) is 57.6 Å². The van der Waals surface area contributed by atoms with Gasteiger partial charge in [-0.25, -0.2) is 5.01 Å². The van der Waals surface area contributed by atoms with Crippen LogP contribution in [0.1, 0.15) is 59.0 Å². The van der Waals surface area contributed by atoms with Crippen LogP contribution in [0.2, 0.25) is 5.02 Å². The summed E-state index contributed by atoms with van der Waals surface area (Å²) in [5, 5.41) is 1.73. The zero-order valence-electron chi connectivity index (χ0n) is 18.0. The Balaban J connectivity index is 1.94. The lowest BCUT2D eigenvalue weighted by Crippen LogP contribution is -2.56. The zero-order valence-corrected chi connectivity index (χ0v) is 18.7. The van der Waals surface area contributed by atoms with E-state index in [9.17, 15) is 9.59 Å². The van der Waals surface area contributed by atoms with E-state index < -0.39 is 11.4 Å². The van der Waals surface area contributed by atoms with Crippen LogP contribution >= 0.6 is 11.6 Å². The normalized spacial score (nSPS) is 13.1. The molecule has 0 saturated carbocycles. The van der Waals surface area contributed by atoms with Gasteiger partial charge in [0.05, 0.1) is 24.8 Å². The number of nitrogens with one attached hydrogen (secondary N) is 1. The molecule has 0 saturated heterocycles. The summed E-state index contributed by atoms with van der Waals surface area (Å²) in [5.74, 6) is 0.442. The Morgan fingerprint density at radius 2 is 1.90 bits per heavy atom. The van der Waals surface area contributed by atoms with Crippen molar-refractivity contribution in [1.82, 2.24) is 10.4 Å². The van der Waals surface area contributed by atoms with Crippen molar-refractivity contribution in [3.63, 3.8) is 0 Å². The molecule has 0 spiro atoms. The molecule has 2 aromatic rings. The third kappa shape index (κ3) is 4.38. The van der Waals surface area contributed by atoms with Gasteiger partial charge in [-0.05, 0) is 82.0 Å². The van der Waals surface area contributed by atoms with Gasteiger partial charge < -0.3 is 9.47 Å². The summed E-state index contributed by atoms with van der Waals surface area (Å²) in [6.45, 7) is 8.12. The van der Waals surface area contributed by atoms with Crippen LogP contribution in [0.15, 0.2) is 30.3 Å². The number of amides is 2. The molecular formula is C23H27ClN2O4. The SMILES string of the molecule is COc1ccc(Cl)cc1C(=O)N(NC(=O)c1ccc2c(c1C)CCCO2)C(C)(C)C. The van der Waals surface area contributed by atoms with Crippen LogP contribution in [-0.2, 0) is 6.42 Å². The van der Waals surface area contributed by atoms with Gasteiger partial charge in [0.1, 0.15) is 11.5 Å². The maximum absolute atomic E-state index is 13.4. The summed E-state index contributed by atoms with van der Waals surface area (Å²) in [7, 11) is 1.48. The van der Waals surface area contributed by atoms with E-state index >= 15 is 0 Å². The molecule has 160 valence electrons. The lowest BCUT2D eigenvalue weighted by Gasteiger charge is -2.36. The van der Waals surface area contributed by atoms with Crippen molar-refractivity contribution in [2.75, 3.05) is 13.7 Å². The third-order valence-corrected chi connectivity index (χ3v) is 5.34. The number of carbonyl (C=O) groups excluding carboxylic acids is 2. The molecule has 0 atom stereocenters. The Hall–Kier alpha value is -2.73. The summed E-state index contributed by atoms with van der Waals surface area (Å²) in [6, 6.07) is 8.37. The van der Waals surface area contributed by atoms with Crippen LogP contribution in [0.5, 0.6) is 11.5 Å². The van der Waals surface area contributed by atoms with Crippen molar-refractivity contribution < 1.29 is 19.1 Å². The van der Waals surface area contributed by atoms with Crippen LogP contribution in [0.25, 0.3) is 0 Å². The summed E-state index contributed by atoms with van der Waals surface area (Å²) >= 11 is 6.10. The highest BCUT2D eigenvalue weighted by atomic mass is 35.5. The molecule has 0 unspecified atom stereocenters. The van der Waals surface area contributed by atoms with E-state index in [0.717, 1.165) is 29.7 Å². The number of methoxy groups -OCH3 is 1. The number of benzene rings is 2. The average Bonchev–Trinajstić information content (AvgIpc) is 2.71. The predicted molar refractivity (Wildman–Crippen MR) is 116 cm³/mol. The molecule has 0 radical (unpaired) electrons. The Morgan fingerprint density at radius 3 is 2.57 bits per heavy atom. The van der Waals surface area contributed by atoms with Gasteiger partial charge in [0.2, 0.25) is 0 Å². The van der Waals surface area contributed by atoms with Crippen molar-refractivity contribution in [1.29, 1.82) is 0 Å². The number of nitrogens with zero attached hydrogens (tertiary/aromatic N) is 1. The first kappa shape index (κ1) is 22.0. The fraction of sp³-hybridized carbons (Fsp3) is 0.391. The van der Waals surface area contributed by atoms with Crippen LogP contribution < -0.4 is 14.9 Å². The Kier molecular flexibility index (Phi) is 6.27. The Labute approximate surface area is 182 Å². The second-order valence-electron chi connectivity index (χ2n) is 8.26. The number of hydrogen-bond donors (Lipinski definition) is 1. The van der Waals surface area contributed by atoms with Crippen LogP contribution in [0, 0.1) is 6.92 Å². The summed E-state index contributed by atoms with van der Waals surface area (Å²) in [4.78, 5) is 26.5. The van der Waals surface area contributed by atoms with E-state index in [0.29, 0.717) is 22.9 Å². The molecule has 0 aromatic heterocycles. The Morgan fingerprint density at radius 1 is 1.17 bits per heavy atom. The first-order valence-electron chi connectivity index (χ1n) is 9.88. The minimum absolute atomic E-state index is 0.274. The van der Waals surface area contributed by atoms with Crippen LogP contribution in [0.3, 0.4) is 0 Å². The number of hydrogen-bond acceptors (Lipinski definition) is 4.